The van der Waals surface area contributed by atoms with E-state index in [1.54, 1.807) is 4.57 Å². The summed E-state index contributed by atoms with van der Waals surface area (Å²) in [6.45, 7) is 2.32. The zero-order valence-electron chi connectivity index (χ0n) is 18.5. The molecule has 5 rings (SSSR count). The lowest BCUT2D eigenvalue weighted by atomic mass is 10.1. The maximum Gasteiger partial charge on any atom is 0.232 e. The van der Waals surface area contributed by atoms with Gasteiger partial charge in [0.15, 0.2) is 11.6 Å². The highest BCUT2D eigenvalue weighted by atomic mass is 16.5. The summed E-state index contributed by atoms with van der Waals surface area (Å²) < 4.78 is 13.1. The number of nitrogens with zero attached hydrogens (tertiary/aromatic N) is 5. The third-order valence-electron chi connectivity index (χ3n) is 5.67. The van der Waals surface area contributed by atoms with Crippen molar-refractivity contribution in [3.63, 3.8) is 0 Å². The average Bonchev–Trinajstić information content (AvgIpc) is 3.33. The minimum Gasteiger partial charge on any atom is -0.507 e. The molecule has 0 atom stereocenters. The van der Waals surface area contributed by atoms with Gasteiger partial charge in [-0.05, 0) is 35.0 Å². The molecule has 0 amide bonds. The fourth-order valence-corrected chi connectivity index (χ4v) is 3.95. The standard InChI is InChI=1S/C26H23N5O3/c27-17-23(24(32)18-34-22-11-10-19-6-4-5-7-20(19)16-22)25-28-29-26(30-12-14-33-15-13-30)31(25)21-8-2-1-3-9-21/h1-11,16,32H,12-15,18H2. The zero-order chi connectivity index (χ0) is 23.3. The molecule has 8 nitrogen and oxygen atoms in total. The summed E-state index contributed by atoms with van der Waals surface area (Å²) in [6, 6.07) is 25.3. The van der Waals surface area contributed by atoms with E-state index in [0.717, 1.165) is 16.5 Å². The molecule has 1 fully saturated rings. The Bertz CT molecular complexity index is 1370. The number of aliphatic hydroxyl groups excluding tert-OH is 1. The van der Waals surface area contributed by atoms with E-state index in [-0.39, 0.29) is 23.8 Å². The molecule has 1 saturated heterocycles. The number of nitriles is 1. The van der Waals surface area contributed by atoms with Gasteiger partial charge in [-0.1, -0.05) is 48.5 Å². The van der Waals surface area contributed by atoms with Gasteiger partial charge in [0, 0.05) is 13.1 Å². The lowest BCUT2D eigenvalue weighted by Gasteiger charge is -2.28. The molecule has 4 aromatic rings. The number of allylic oxidation sites excluding steroid dienone is 1. The SMILES string of the molecule is N#CC(=C(O)COc1ccc2ccccc2c1)c1nnc(N2CCOCC2)n1-c1ccccc1. The third kappa shape index (κ3) is 4.29. The molecule has 170 valence electrons. The molecule has 2 heterocycles. The van der Waals surface area contributed by atoms with Crippen LogP contribution in [-0.4, -0.2) is 52.8 Å². The molecule has 34 heavy (non-hydrogen) atoms. The summed E-state index contributed by atoms with van der Waals surface area (Å²) in [6.07, 6.45) is 0. The predicted molar refractivity (Wildman–Crippen MR) is 129 cm³/mol. The number of fused-ring (bicyclic) bond motifs is 1. The number of morpholine rings is 1. The van der Waals surface area contributed by atoms with E-state index in [1.807, 2.05) is 72.8 Å². The second-order valence-corrected chi connectivity index (χ2v) is 7.83. The van der Waals surface area contributed by atoms with Gasteiger partial charge in [-0.3, -0.25) is 4.57 Å². The Kier molecular flexibility index (Phi) is 6.10. The second kappa shape index (κ2) is 9.65. The van der Waals surface area contributed by atoms with E-state index >= 15 is 0 Å². The second-order valence-electron chi connectivity index (χ2n) is 7.83. The van der Waals surface area contributed by atoms with Gasteiger partial charge in [0.05, 0.1) is 18.9 Å². The van der Waals surface area contributed by atoms with Crippen molar-refractivity contribution in [1.82, 2.24) is 14.8 Å². The molecule has 1 aliphatic rings. The maximum atomic E-state index is 10.8. The molecule has 3 aromatic carbocycles. The number of anilines is 1. The topological polar surface area (TPSA) is 96.4 Å². The number of ether oxygens (including phenoxy) is 2. The van der Waals surface area contributed by atoms with E-state index in [0.29, 0.717) is 38.0 Å². The first-order valence-corrected chi connectivity index (χ1v) is 11.0. The van der Waals surface area contributed by atoms with E-state index < -0.39 is 0 Å². The number of para-hydroxylation sites is 1. The smallest absolute Gasteiger partial charge is 0.232 e. The van der Waals surface area contributed by atoms with Crippen molar-refractivity contribution in [1.29, 1.82) is 5.26 Å². The Morgan fingerprint density at radius 1 is 0.971 bits per heavy atom. The van der Waals surface area contributed by atoms with Crippen LogP contribution in [0.5, 0.6) is 5.75 Å². The highest BCUT2D eigenvalue weighted by Crippen LogP contribution is 2.27. The number of hydrogen-bond acceptors (Lipinski definition) is 7. The Balaban J connectivity index is 1.48. The van der Waals surface area contributed by atoms with E-state index in [4.69, 9.17) is 9.47 Å². The molecule has 1 N–H and O–H groups in total. The fourth-order valence-electron chi connectivity index (χ4n) is 3.95. The number of aromatic nitrogens is 3. The summed E-state index contributed by atoms with van der Waals surface area (Å²) >= 11 is 0. The van der Waals surface area contributed by atoms with Crippen LogP contribution in [0, 0.1) is 11.3 Å². The van der Waals surface area contributed by atoms with Gasteiger partial charge >= 0.3 is 0 Å². The lowest BCUT2D eigenvalue weighted by molar-refractivity contribution is 0.122. The van der Waals surface area contributed by atoms with Crippen molar-refractivity contribution in [2.24, 2.45) is 0 Å². The number of benzene rings is 3. The van der Waals surface area contributed by atoms with Crippen molar-refractivity contribution in [2.45, 2.75) is 0 Å². The molecule has 0 spiro atoms. The first kappa shape index (κ1) is 21.5. The summed E-state index contributed by atoms with van der Waals surface area (Å²) in [5, 5.41) is 31.6. The number of aliphatic hydroxyl groups is 1. The minimum absolute atomic E-state index is 0.0108. The number of hydrogen-bond donors (Lipinski definition) is 1. The van der Waals surface area contributed by atoms with E-state index in [2.05, 4.69) is 21.2 Å². The third-order valence-corrected chi connectivity index (χ3v) is 5.67. The molecular formula is C26H23N5O3. The van der Waals surface area contributed by atoms with Crippen LogP contribution in [0.2, 0.25) is 0 Å². The monoisotopic (exact) mass is 453 g/mol. The van der Waals surface area contributed by atoms with Crippen molar-refractivity contribution < 1.29 is 14.6 Å². The normalized spacial score (nSPS) is 14.5. The molecule has 1 aromatic heterocycles. The zero-order valence-corrected chi connectivity index (χ0v) is 18.5. The van der Waals surface area contributed by atoms with Crippen LogP contribution < -0.4 is 9.64 Å². The largest absolute Gasteiger partial charge is 0.507 e. The molecule has 8 heteroatoms. The molecular weight excluding hydrogens is 430 g/mol. The Morgan fingerprint density at radius 2 is 1.71 bits per heavy atom. The first-order chi connectivity index (χ1) is 16.7. The Hall–Kier alpha value is -4.35. The molecule has 0 aliphatic carbocycles. The Labute approximate surface area is 196 Å². The van der Waals surface area contributed by atoms with Crippen LogP contribution in [0.4, 0.5) is 5.95 Å². The highest BCUT2D eigenvalue weighted by Gasteiger charge is 2.25. The average molecular weight is 454 g/mol. The fraction of sp³-hybridized carbons (Fsp3) is 0.192. The molecule has 0 saturated carbocycles. The van der Waals surface area contributed by atoms with Crippen molar-refractivity contribution in [2.75, 3.05) is 37.8 Å². The number of rotatable bonds is 6. The first-order valence-electron chi connectivity index (χ1n) is 11.0. The van der Waals surface area contributed by atoms with Crippen molar-refractivity contribution in [3.05, 3.63) is 84.4 Å². The van der Waals surface area contributed by atoms with Gasteiger partial charge in [-0.2, -0.15) is 5.26 Å². The summed E-state index contributed by atoms with van der Waals surface area (Å²) in [7, 11) is 0. The molecule has 1 aliphatic heterocycles. The quantitative estimate of drug-likeness (QED) is 0.346. The van der Waals surface area contributed by atoms with Crippen LogP contribution >= 0.6 is 0 Å². The maximum absolute atomic E-state index is 10.8. The lowest BCUT2D eigenvalue weighted by Crippen LogP contribution is -2.38. The van der Waals surface area contributed by atoms with Gasteiger partial charge in [0.25, 0.3) is 0 Å². The minimum atomic E-state index is -0.214. The van der Waals surface area contributed by atoms with Crippen molar-refractivity contribution in [3.8, 4) is 17.5 Å². The molecule has 0 unspecified atom stereocenters. The molecule has 0 bridgehead atoms. The summed E-state index contributed by atoms with van der Waals surface area (Å²) in [5.41, 5.74) is 0.802. The molecule has 0 radical (unpaired) electrons. The Morgan fingerprint density at radius 3 is 2.47 bits per heavy atom. The van der Waals surface area contributed by atoms with Crippen LogP contribution in [0.1, 0.15) is 5.82 Å². The van der Waals surface area contributed by atoms with E-state index in [1.165, 1.54) is 0 Å². The van der Waals surface area contributed by atoms with Gasteiger partial charge in [-0.25, -0.2) is 0 Å². The summed E-state index contributed by atoms with van der Waals surface area (Å²) in [5.74, 6) is 1.24. The predicted octanol–water partition coefficient (Wildman–Crippen LogP) is 4.13. The van der Waals surface area contributed by atoms with Crippen LogP contribution in [0.3, 0.4) is 0 Å². The summed E-state index contributed by atoms with van der Waals surface area (Å²) in [4.78, 5) is 2.06. The van der Waals surface area contributed by atoms with Gasteiger partial charge in [0.2, 0.25) is 5.95 Å². The van der Waals surface area contributed by atoms with Crippen molar-refractivity contribution >= 4 is 22.3 Å². The van der Waals surface area contributed by atoms with Gasteiger partial charge in [0.1, 0.15) is 24.0 Å². The van der Waals surface area contributed by atoms with Crippen LogP contribution in [0.15, 0.2) is 78.6 Å². The van der Waals surface area contributed by atoms with Gasteiger partial charge < -0.3 is 19.5 Å². The van der Waals surface area contributed by atoms with Crippen LogP contribution in [0.25, 0.3) is 22.0 Å². The highest BCUT2D eigenvalue weighted by molar-refractivity contribution is 5.83. The van der Waals surface area contributed by atoms with Gasteiger partial charge in [-0.15, -0.1) is 10.2 Å². The van der Waals surface area contributed by atoms with E-state index in [9.17, 15) is 10.4 Å². The van der Waals surface area contributed by atoms with Crippen LogP contribution in [-0.2, 0) is 4.74 Å².